The largest absolute Gasteiger partial charge is 0.276 e. The van der Waals surface area contributed by atoms with Crippen LogP contribution in [0.1, 0.15) is 31.1 Å². The molecule has 106 valence electrons. The maximum absolute atomic E-state index is 13.8. The summed E-state index contributed by atoms with van der Waals surface area (Å²) in [6.45, 7) is 5.98. The summed E-state index contributed by atoms with van der Waals surface area (Å²) < 4.78 is 15.3. The third-order valence-electron chi connectivity index (χ3n) is 3.48. The molecular weight excluding hydrogens is 255 g/mol. The number of halogens is 1. The van der Waals surface area contributed by atoms with Gasteiger partial charge >= 0.3 is 0 Å². The van der Waals surface area contributed by atoms with Gasteiger partial charge in [0.25, 0.3) is 0 Å². The van der Waals surface area contributed by atoms with Gasteiger partial charge in [0.05, 0.1) is 0 Å². The molecule has 0 aliphatic rings. The van der Waals surface area contributed by atoms with E-state index in [0.29, 0.717) is 12.0 Å². The average molecular weight is 274 g/mol. The summed E-state index contributed by atoms with van der Waals surface area (Å²) in [6.07, 6.45) is 5.07. The van der Waals surface area contributed by atoms with Crippen LogP contribution in [-0.4, -0.2) is 15.5 Å². The molecule has 2 rings (SSSR count). The van der Waals surface area contributed by atoms with Gasteiger partial charge in [-0.1, -0.05) is 39.0 Å². The second kappa shape index (κ2) is 5.57. The van der Waals surface area contributed by atoms with E-state index in [9.17, 15) is 9.18 Å². The molecule has 1 atom stereocenters. The lowest BCUT2D eigenvalue weighted by Crippen LogP contribution is -2.34. The van der Waals surface area contributed by atoms with Gasteiger partial charge < -0.3 is 0 Å². The van der Waals surface area contributed by atoms with Crippen LogP contribution in [0, 0.1) is 17.2 Å². The van der Waals surface area contributed by atoms with E-state index in [4.69, 9.17) is 0 Å². The molecule has 1 aromatic carbocycles. The molecule has 0 saturated carbocycles. The fraction of sp³-hybridized carbons (Fsp3) is 0.375. The van der Waals surface area contributed by atoms with Crippen LogP contribution in [0.4, 0.5) is 4.39 Å². The molecule has 0 saturated heterocycles. The van der Waals surface area contributed by atoms with Gasteiger partial charge in [0.2, 0.25) is 5.91 Å². The van der Waals surface area contributed by atoms with Crippen molar-refractivity contribution in [1.82, 2.24) is 9.55 Å². The molecule has 2 aromatic rings. The number of rotatable bonds is 3. The highest BCUT2D eigenvalue weighted by Gasteiger charge is 2.32. The zero-order valence-electron chi connectivity index (χ0n) is 12.0. The number of aromatic nitrogens is 2. The van der Waals surface area contributed by atoms with E-state index >= 15 is 0 Å². The fourth-order valence-electron chi connectivity index (χ4n) is 2.22. The zero-order valence-corrected chi connectivity index (χ0v) is 12.0. The van der Waals surface area contributed by atoms with Gasteiger partial charge in [0, 0.05) is 18.3 Å². The van der Waals surface area contributed by atoms with Gasteiger partial charge in [0.15, 0.2) is 0 Å². The quantitative estimate of drug-likeness (QED) is 0.857. The number of carbonyl (C=O) groups is 1. The minimum absolute atomic E-state index is 0.0572. The van der Waals surface area contributed by atoms with Gasteiger partial charge in [-0.15, -0.1) is 0 Å². The minimum atomic E-state index is -0.311. The Morgan fingerprint density at radius 2 is 2.05 bits per heavy atom. The van der Waals surface area contributed by atoms with Gasteiger partial charge in [-0.2, -0.15) is 0 Å². The normalized spacial score (nSPS) is 13.2. The van der Waals surface area contributed by atoms with E-state index in [0.717, 1.165) is 0 Å². The van der Waals surface area contributed by atoms with Crippen LogP contribution in [-0.2, 0) is 6.42 Å². The maximum Gasteiger partial charge on any atom is 0.235 e. The zero-order chi connectivity index (χ0) is 14.8. The van der Waals surface area contributed by atoms with Crippen molar-refractivity contribution >= 4 is 5.91 Å². The second-order valence-corrected chi connectivity index (χ2v) is 6.02. The van der Waals surface area contributed by atoms with Crippen LogP contribution in [0.5, 0.6) is 0 Å². The highest BCUT2D eigenvalue weighted by molar-refractivity contribution is 5.82. The van der Waals surface area contributed by atoms with Gasteiger partial charge in [0.1, 0.15) is 12.1 Å². The van der Waals surface area contributed by atoms with Crippen molar-refractivity contribution in [1.29, 1.82) is 0 Å². The number of benzene rings is 1. The summed E-state index contributed by atoms with van der Waals surface area (Å²) in [5.41, 5.74) is 0.310. The Morgan fingerprint density at radius 1 is 1.35 bits per heavy atom. The van der Waals surface area contributed by atoms with E-state index in [1.54, 1.807) is 30.6 Å². The van der Waals surface area contributed by atoms with Crippen LogP contribution in [0.25, 0.3) is 0 Å². The molecule has 0 spiro atoms. The smallest absolute Gasteiger partial charge is 0.235 e. The number of imidazole rings is 1. The molecule has 0 aliphatic carbocycles. The van der Waals surface area contributed by atoms with E-state index < -0.39 is 0 Å². The predicted octanol–water partition coefficient (Wildman–Crippen LogP) is 3.57. The summed E-state index contributed by atoms with van der Waals surface area (Å²) in [5.74, 6) is -0.632. The van der Waals surface area contributed by atoms with Gasteiger partial charge in [-0.3, -0.25) is 9.36 Å². The Balaban J connectivity index is 2.30. The molecule has 1 aromatic heterocycles. The van der Waals surface area contributed by atoms with Crippen LogP contribution in [0.3, 0.4) is 0 Å². The summed E-state index contributed by atoms with van der Waals surface area (Å²) >= 11 is 0. The van der Waals surface area contributed by atoms with Crippen molar-refractivity contribution in [3.63, 3.8) is 0 Å². The summed E-state index contributed by atoms with van der Waals surface area (Å²) in [5, 5.41) is 0. The van der Waals surface area contributed by atoms with E-state index in [2.05, 4.69) is 4.98 Å². The summed E-state index contributed by atoms with van der Waals surface area (Å²) in [4.78, 5) is 16.5. The first-order chi connectivity index (χ1) is 9.39. The topological polar surface area (TPSA) is 34.9 Å². The van der Waals surface area contributed by atoms with Crippen LogP contribution < -0.4 is 0 Å². The lowest BCUT2D eigenvalue weighted by molar-refractivity contribution is 0.0723. The number of hydrogen-bond donors (Lipinski definition) is 0. The first-order valence-electron chi connectivity index (χ1n) is 6.65. The molecule has 1 heterocycles. The molecule has 0 amide bonds. The average Bonchev–Trinajstić information content (AvgIpc) is 2.89. The molecule has 1 unspecified atom stereocenters. The Labute approximate surface area is 118 Å². The molecule has 0 N–H and O–H groups in total. The third kappa shape index (κ3) is 3.13. The number of nitrogens with zero attached hydrogens (tertiary/aromatic N) is 2. The Bertz CT molecular complexity index is 585. The van der Waals surface area contributed by atoms with Crippen molar-refractivity contribution in [2.45, 2.75) is 27.2 Å². The molecule has 0 bridgehead atoms. The molecule has 20 heavy (non-hydrogen) atoms. The van der Waals surface area contributed by atoms with E-state index in [1.807, 2.05) is 20.8 Å². The van der Waals surface area contributed by atoms with E-state index in [-0.39, 0.29) is 23.1 Å². The Kier molecular flexibility index (Phi) is 4.02. The van der Waals surface area contributed by atoms with Gasteiger partial charge in [-0.25, -0.2) is 9.37 Å². The number of carbonyl (C=O) groups excluding carboxylic acids is 1. The molecule has 0 aliphatic heterocycles. The highest BCUT2D eigenvalue weighted by atomic mass is 19.1. The van der Waals surface area contributed by atoms with Crippen LogP contribution in [0.15, 0.2) is 43.0 Å². The maximum atomic E-state index is 13.8. The summed E-state index contributed by atoms with van der Waals surface area (Å²) in [7, 11) is 0. The first-order valence-corrected chi connectivity index (χ1v) is 6.65. The van der Waals surface area contributed by atoms with Gasteiger partial charge in [-0.05, 0) is 23.5 Å². The monoisotopic (exact) mass is 274 g/mol. The predicted molar refractivity (Wildman–Crippen MR) is 75.9 cm³/mol. The Morgan fingerprint density at radius 3 is 2.60 bits per heavy atom. The van der Waals surface area contributed by atoms with Crippen molar-refractivity contribution in [3.8, 4) is 0 Å². The molecule has 0 radical (unpaired) electrons. The standard InChI is InChI=1S/C16H19FN2O/c1-16(2,3)13(15(20)19-9-8-18-11-19)10-12-6-4-5-7-14(12)17/h4-9,11,13H,10H2,1-3H3. The molecule has 3 nitrogen and oxygen atoms in total. The second-order valence-electron chi connectivity index (χ2n) is 6.02. The minimum Gasteiger partial charge on any atom is -0.276 e. The van der Waals surface area contributed by atoms with Crippen molar-refractivity contribution in [2.75, 3.05) is 0 Å². The molecule has 4 heteroatoms. The first kappa shape index (κ1) is 14.4. The molecular formula is C16H19FN2O. The lowest BCUT2D eigenvalue weighted by atomic mass is 9.76. The SMILES string of the molecule is CC(C)(C)C(Cc1ccccc1F)C(=O)n1ccnc1. The van der Waals surface area contributed by atoms with Crippen molar-refractivity contribution in [3.05, 3.63) is 54.4 Å². The van der Waals surface area contributed by atoms with Crippen molar-refractivity contribution in [2.24, 2.45) is 11.3 Å². The molecule has 0 fully saturated rings. The highest BCUT2D eigenvalue weighted by Crippen LogP contribution is 2.31. The third-order valence-corrected chi connectivity index (χ3v) is 3.48. The van der Waals surface area contributed by atoms with E-state index in [1.165, 1.54) is 17.0 Å². The van der Waals surface area contributed by atoms with Crippen LogP contribution in [0.2, 0.25) is 0 Å². The number of hydrogen-bond acceptors (Lipinski definition) is 2. The van der Waals surface area contributed by atoms with Crippen molar-refractivity contribution < 1.29 is 9.18 Å². The lowest BCUT2D eigenvalue weighted by Gasteiger charge is -2.29. The Hall–Kier alpha value is -1.97. The van der Waals surface area contributed by atoms with Crippen LogP contribution >= 0.6 is 0 Å². The fourth-order valence-corrected chi connectivity index (χ4v) is 2.22. The summed E-state index contributed by atoms with van der Waals surface area (Å²) in [6, 6.07) is 6.61.